The summed E-state index contributed by atoms with van der Waals surface area (Å²) in [5.41, 5.74) is 1.94. The van der Waals surface area contributed by atoms with Crippen LogP contribution in [-0.4, -0.2) is 20.7 Å². The zero-order valence-electron chi connectivity index (χ0n) is 13.4. The number of nitrogens with zero attached hydrogens (tertiary/aromatic N) is 2. The van der Waals surface area contributed by atoms with Crippen molar-refractivity contribution in [1.82, 2.24) is 14.8 Å². The van der Waals surface area contributed by atoms with Crippen LogP contribution < -0.4 is 5.32 Å². The van der Waals surface area contributed by atoms with Crippen molar-refractivity contribution in [3.8, 4) is 10.7 Å². The molecular formula is C17H18N4OS2. The summed E-state index contributed by atoms with van der Waals surface area (Å²) in [6.07, 6.45) is 0.858. The zero-order chi connectivity index (χ0) is 17.1. The standard InChI is InChI=1S/C17H18N4OS2/c1-3-12-7-4-5-8-13(12)18-16(22)11(2)21-15(19-20-17(21)23)14-9-6-10-24-14/h4-11H,3H2,1-2H3,(H,18,22)(H,20,23)/t11-/m1/s1. The van der Waals surface area contributed by atoms with Crippen LogP contribution in [0.4, 0.5) is 5.69 Å². The minimum Gasteiger partial charge on any atom is -0.324 e. The van der Waals surface area contributed by atoms with Crippen molar-refractivity contribution < 1.29 is 4.79 Å². The van der Waals surface area contributed by atoms with Crippen LogP contribution in [0.5, 0.6) is 0 Å². The molecule has 0 radical (unpaired) electrons. The van der Waals surface area contributed by atoms with Gasteiger partial charge in [-0.3, -0.25) is 14.5 Å². The topological polar surface area (TPSA) is 62.7 Å². The number of hydrogen-bond acceptors (Lipinski definition) is 4. The molecule has 24 heavy (non-hydrogen) atoms. The lowest BCUT2D eigenvalue weighted by molar-refractivity contribution is -0.118. The molecule has 7 heteroatoms. The minimum atomic E-state index is -0.474. The van der Waals surface area contributed by atoms with E-state index in [2.05, 4.69) is 22.4 Å². The van der Waals surface area contributed by atoms with Gasteiger partial charge in [-0.2, -0.15) is 5.10 Å². The highest BCUT2D eigenvalue weighted by Crippen LogP contribution is 2.26. The molecule has 2 heterocycles. The monoisotopic (exact) mass is 358 g/mol. The largest absolute Gasteiger partial charge is 0.324 e. The Morgan fingerprint density at radius 1 is 1.38 bits per heavy atom. The number of aromatic amines is 1. The van der Waals surface area contributed by atoms with Crippen LogP contribution >= 0.6 is 23.6 Å². The number of benzene rings is 1. The molecule has 124 valence electrons. The summed E-state index contributed by atoms with van der Waals surface area (Å²) in [6.45, 7) is 3.89. The van der Waals surface area contributed by atoms with Crippen LogP contribution in [0.1, 0.15) is 25.5 Å². The highest BCUT2D eigenvalue weighted by Gasteiger charge is 2.21. The lowest BCUT2D eigenvalue weighted by Crippen LogP contribution is -2.24. The van der Waals surface area contributed by atoms with Crippen LogP contribution in [-0.2, 0) is 11.2 Å². The first-order valence-electron chi connectivity index (χ1n) is 7.71. The van der Waals surface area contributed by atoms with Crippen LogP contribution in [0.2, 0.25) is 0 Å². The molecule has 0 aliphatic rings. The van der Waals surface area contributed by atoms with Crippen molar-refractivity contribution in [2.75, 3.05) is 5.32 Å². The quantitative estimate of drug-likeness (QED) is 0.663. The van der Waals surface area contributed by atoms with E-state index in [1.807, 2.05) is 48.7 Å². The minimum absolute atomic E-state index is 0.119. The maximum absolute atomic E-state index is 12.7. The summed E-state index contributed by atoms with van der Waals surface area (Å²) in [4.78, 5) is 13.7. The second kappa shape index (κ2) is 7.11. The number of anilines is 1. The first-order chi connectivity index (χ1) is 11.6. The number of hydrogen-bond donors (Lipinski definition) is 2. The molecule has 3 rings (SSSR count). The average molecular weight is 358 g/mol. The van der Waals surface area contributed by atoms with E-state index in [0.717, 1.165) is 22.5 Å². The van der Waals surface area contributed by atoms with Crippen molar-refractivity contribution in [3.63, 3.8) is 0 Å². The molecule has 0 fully saturated rings. The highest BCUT2D eigenvalue weighted by molar-refractivity contribution is 7.71. The Kier molecular flexibility index (Phi) is 4.92. The van der Waals surface area contributed by atoms with Crippen LogP contribution in [0.25, 0.3) is 10.7 Å². The number of carbonyl (C=O) groups is 1. The van der Waals surface area contributed by atoms with Gasteiger partial charge in [-0.15, -0.1) is 11.3 Å². The number of amides is 1. The van der Waals surface area contributed by atoms with Gasteiger partial charge in [0, 0.05) is 5.69 Å². The third kappa shape index (κ3) is 3.18. The van der Waals surface area contributed by atoms with Crippen LogP contribution in [0, 0.1) is 4.77 Å². The van der Waals surface area contributed by atoms with E-state index in [4.69, 9.17) is 12.2 Å². The highest BCUT2D eigenvalue weighted by atomic mass is 32.1. The summed E-state index contributed by atoms with van der Waals surface area (Å²) < 4.78 is 2.19. The Hall–Kier alpha value is -2.25. The van der Waals surface area contributed by atoms with Crippen molar-refractivity contribution in [2.45, 2.75) is 26.3 Å². The molecule has 5 nitrogen and oxygen atoms in total. The summed E-state index contributed by atoms with van der Waals surface area (Å²) in [5.74, 6) is 0.563. The Morgan fingerprint density at radius 3 is 2.88 bits per heavy atom. The zero-order valence-corrected chi connectivity index (χ0v) is 15.1. The number of para-hydroxylation sites is 1. The van der Waals surface area contributed by atoms with Crippen molar-refractivity contribution in [1.29, 1.82) is 0 Å². The van der Waals surface area contributed by atoms with Gasteiger partial charge in [-0.1, -0.05) is 31.2 Å². The lowest BCUT2D eigenvalue weighted by Gasteiger charge is -2.16. The van der Waals surface area contributed by atoms with E-state index >= 15 is 0 Å². The van der Waals surface area contributed by atoms with Gasteiger partial charge >= 0.3 is 0 Å². The van der Waals surface area contributed by atoms with E-state index in [0.29, 0.717) is 10.6 Å². The average Bonchev–Trinajstić information content (AvgIpc) is 3.24. The number of rotatable bonds is 5. The maximum Gasteiger partial charge on any atom is 0.247 e. The van der Waals surface area contributed by atoms with Gasteiger partial charge in [-0.05, 0) is 48.6 Å². The third-order valence-corrected chi connectivity index (χ3v) is 5.02. The molecule has 1 atom stereocenters. The second-order valence-corrected chi connectivity index (χ2v) is 6.71. The smallest absolute Gasteiger partial charge is 0.247 e. The maximum atomic E-state index is 12.7. The van der Waals surface area contributed by atoms with Crippen molar-refractivity contribution in [2.24, 2.45) is 0 Å². The summed E-state index contributed by atoms with van der Waals surface area (Å²) in [7, 11) is 0. The number of nitrogens with one attached hydrogen (secondary N) is 2. The van der Waals surface area contributed by atoms with E-state index in [9.17, 15) is 4.79 Å². The van der Waals surface area contributed by atoms with Gasteiger partial charge in [0.25, 0.3) is 0 Å². The molecule has 3 aromatic rings. The predicted molar refractivity (Wildman–Crippen MR) is 99.9 cm³/mol. The molecule has 0 spiro atoms. The van der Waals surface area contributed by atoms with Gasteiger partial charge in [0.05, 0.1) is 4.88 Å². The number of thiophene rings is 1. The van der Waals surface area contributed by atoms with Crippen LogP contribution in [0.15, 0.2) is 41.8 Å². The fraction of sp³-hybridized carbons (Fsp3) is 0.235. The molecule has 0 saturated heterocycles. The summed E-state index contributed by atoms with van der Waals surface area (Å²) in [5, 5.41) is 12.0. The number of aryl methyl sites for hydroxylation is 1. The normalized spacial score (nSPS) is 12.1. The molecular weight excluding hydrogens is 340 g/mol. The van der Waals surface area contributed by atoms with Crippen LogP contribution in [0.3, 0.4) is 0 Å². The molecule has 2 N–H and O–H groups in total. The molecule has 0 aliphatic heterocycles. The lowest BCUT2D eigenvalue weighted by atomic mass is 10.1. The van der Waals surface area contributed by atoms with Gasteiger partial charge in [0.2, 0.25) is 5.91 Å². The summed E-state index contributed by atoms with van der Waals surface area (Å²) in [6, 6.07) is 11.3. The van der Waals surface area contributed by atoms with Gasteiger partial charge in [0.15, 0.2) is 10.6 Å². The Bertz CT molecular complexity index is 895. The predicted octanol–water partition coefficient (Wildman–Crippen LogP) is 4.43. The van der Waals surface area contributed by atoms with Crippen molar-refractivity contribution in [3.05, 3.63) is 52.1 Å². The Labute approximate surface area is 149 Å². The third-order valence-electron chi connectivity index (χ3n) is 3.87. The molecule has 0 unspecified atom stereocenters. The molecule has 1 amide bonds. The fourth-order valence-corrected chi connectivity index (χ4v) is 3.55. The second-order valence-electron chi connectivity index (χ2n) is 5.38. The van der Waals surface area contributed by atoms with E-state index in [1.54, 1.807) is 15.9 Å². The Balaban J connectivity index is 1.90. The molecule has 0 saturated carbocycles. The van der Waals surface area contributed by atoms with Gasteiger partial charge in [-0.25, -0.2) is 0 Å². The molecule has 0 aliphatic carbocycles. The number of aromatic nitrogens is 3. The SMILES string of the molecule is CCc1ccccc1NC(=O)[C@@H](C)n1c(-c2cccs2)n[nH]c1=S. The summed E-state index contributed by atoms with van der Waals surface area (Å²) >= 11 is 6.89. The first kappa shape index (κ1) is 16.6. The number of H-pyrrole nitrogens is 1. The van der Waals surface area contributed by atoms with E-state index in [1.165, 1.54) is 0 Å². The van der Waals surface area contributed by atoms with Gasteiger partial charge in [0.1, 0.15) is 6.04 Å². The molecule has 2 aromatic heterocycles. The van der Waals surface area contributed by atoms with Gasteiger partial charge < -0.3 is 5.32 Å². The van der Waals surface area contributed by atoms with E-state index < -0.39 is 6.04 Å². The number of carbonyl (C=O) groups excluding carboxylic acids is 1. The molecule has 1 aromatic carbocycles. The first-order valence-corrected chi connectivity index (χ1v) is 9.00. The Morgan fingerprint density at radius 2 is 2.17 bits per heavy atom. The van der Waals surface area contributed by atoms with Crippen molar-refractivity contribution >= 4 is 35.1 Å². The fourth-order valence-electron chi connectivity index (χ4n) is 2.55. The van der Waals surface area contributed by atoms with E-state index in [-0.39, 0.29) is 5.91 Å². The molecule has 0 bridgehead atoms.